The Hall–Kier alpha value is -0.400. The van der Waals surface area contributed by atoms with Crippen LogP contribution in [0.3, 0.4) is 0 Å². The molecule has 1 aromatic carbocycles. The van der Waals surface area contributed by atoms with Gasteiger partial charge < -0.3 is 0 Å². The van der Waals surface area contributed by atoms with E-state index in [0.29, 0.717) is 0 Å². The average molecular weight is 292 g/mol. The van der Waals surface area contributed by atoms with Gasteiger partial charge >= 0.3 is 0 Å². The van der Waals surface area contributed by atoms with Gasteiger partial charge in [-0.15, -0.1) is 9.32 Å². The first kappa shape index (κ1) is 12.7. The molecule has 4 nitrogen and oxygen atoms in total. The fourth-order valence-corrected chi connectivity index (χ4v) is 1.66. The van der Waals surface area contributed by atoms with Gasteiger partial charge in [0, 0.05) is 4.90 Å². The van der Waals surface area contributed by atoms with Crippen LogP contribution >= 0.6 is 28.0 Å². The Morgan fingerprint density at radius 3 is 2.53 bits per heavy atom. The van der Waals surface area contributed by atoms with Crippen LogP contribution in [-0.4, -0.2) is 5.78 Å². The Kier molecular flexibility index (Phi) is 5.27. The largest absolute Gasteiger partial charge is 0.298 e. The van der Waals surface area contributed by atoms with Gasteiger partial charge in [-0.05, 0) is 24.6 Å². The molecule has 0 heterocycles. The molecule has 0 aromatic heterocycles. The number of Topliss-reactive ketones (excluding diaryl/α,β-unsaturated/α-hetero) is 1. The molecule has 0 radical (unpaired) electrons. The SMILES string of the molecule is CC(=O)C(Br)c1ccc(SOON)cc1. The molecule has 0 bridgehead atoms. The third-order valence-corrected chi connectivity index (χ3v) is 3.48. The van der Waals surface area contributed by atoms with E-state index in [0.717, 1.165) is 22.5 Å². The zero-order chi connectivity index (χ0) is 11.3. The molecule has 0 aliphatic rings. The summed E-state index contributed by atoms with van der Waals surface area (Å²) in [4.78, 5) is 15.6. The van der Waals surface area contributed by atoms with E-state index < -0.39 is 0 Å². The van der Waals surface area contributed by atoms with Crippen LogP contribution in [0.15, 0.2) is 29.2 Å². The number of benzene rings is 1. The van der Waals surface area contributed by atoms with Gasteiger partial charge in [0.1, 0.15) is 5.78 Å². The van der Waals surface area contributed by atoms with E-state index in [4.69, 9.17) is 5.90 Å². The zero-order valence-corrected chi connectivity index (χ0v) is 10.4. The maximum atomic E-state index is 11.1. The summed E-state index contributed by atoms with van der Waals surface area (Å²) in [6, 6.07) is 7.30. The summed E-state index contributed by atoms with van der Waals surface area (Å²) in [5, 5.41) is 0. The molecule has 1 atom stereocenters. The number of ketones is 1. The quantitative estimate of drug-likeness (QED) is 0.391. The summed E-state index contributed by atoms with van der Waals surface area (Å²) in [7, 11) is 0. The number of hydrogen-bond donors (Lipinski definition) is 1. The molecule has 0 aliphatic heterocycles. The van der Waals surface area contributed by atoms with Crippen molar-refractivity contribution in [2.45, 2.75) is 16.6 Å². The smallest absolute Gasteiger partial charge is 0.147 e. The van der Waals surface area contributed by atoms with Crippen LogP contribution in [-0.2, 0) is 14.1 Å². The van der Waals surface area contributed by atoms with Crippen LogP contribution < -0.4 is 5.90 Å². The highest BCUT2D eigenvalue weighted by Crippen LogP contribution is 2.26. The van der Waals surface area contributed by atoms with Crippen LogP contribution in [0.4, 0.5) is 0 Å². The van der Waals surface area contributed by atoms with Crippen molar-refractivity contribution >= 4 is 33.8 Å². The molecule has 6 heteroatoms. The number of nitrogens with two attached hydrogens (primary N) is 1. The summed E-state index contributed by atoms with van der Waals surface area (Å²) < 4.78 is 4.48. The average Bonchev–Trinajstić information content (AvgIpc) is 2.26. The van der Waals surface area contributed by atoms with Crippen molar-refractivity contribution in [1.29, 1.82) is 0 Å². The lowest BCUT2D eigenvalue weighted by atomic mass is 10.1. The van der Waals surface area contributed by atoms with Gasteiger partial charge in [0.25, 0.3) is 0 Å². The van der Waals surface area contributed by atoms with Crippen molar-refractivity contribution in [1.82, 2.24) is 0 Å². The predicted octanol–water partition coefficient (Wildman–Crippen LogP) is 2.54. The fraction of sp³-hybridized carbons (Fsp3) is 0.222. The second-order valence-electron chi connectivity index (χ2n) is 2.79. The van der Waals surface area contributed by atoms with Crippen molar-refractivity contribution in [2.75, 3.05) is 0 Å². The zero-order valence-electron chi connectivity index (χ0n) is 7.98. The van der Waals surface area contributed by atoms with E-state index in [-0.39, 0.29) is 10.6 Å². The molecule has 0 saturated heterocycles. The maximum absolute atomic E-state index is 11.1. The first-order valence-corrected chi connectivity index (χ1v) is 5.75. The van der Waals surface area contributed by atoms with Gasteiger partial charge in [0.15, 0.2) is 0 Å². The number of alkyl halides is 1. The van der Waals surface area contributed by atoms with Gasteiger partial charge in [0.05, 0.1) is 16.9 Å². The van der Waals surface area contributed by atoms with E-state index in [1.165, 1.54) is 6.92 Å². The van der Waals surface area contributed by atoms with Crippen LogP contribution in [0.1, 0.15) is 17.3 Å². The predicted molar refractivity (Wildman–Crippen MR) is 61.0 cm³/mol. The normalized spacial score (nSPS) is 12.5. The second-order valence-corrected chi connectivity index (χ2v) is 4.48. The lowest BCUT2D eigenvalue weighted by Gasteiger charge is -2.06. The van der Waals surface area contributed by atoms with Crippen molar-refractivity contribution in [2.24, 2.45) is 5.90 Å². The maximum Gasteiger partial charge on any atom is 0.147 e. The minimum atomic E-state index is -0.261. The number of halogens is 1. The molecule has 1 aromatic rings. The number of carbonyl (C=O) groups is 1. The van der Waals surface area contributed by atoms with Crippen LogP contribution in [0.2, 0.25) is 0 Å². The fourth-order valence-electron chi connectivity index (χ4n) is 0.986. The lowest BCUT2D eigenvalue weighted by Crippen LogP contribution is -2.00. The summed E-state index contributed by atoms with van der Waals surface area (Å²) in [5.74, 6) is 4.77. The summed E-state index contributed by atoms with van der Waals surface area (Å²) >= 11 is 4.30. The van der Waals surface area contributed by atoms with Gasteiger partial charge in [-0.2, -0.15) is 5.90 Å². The number of hydrogen-bond acceptors (Lipinski definition) is 5. The Labute approximate surface area is 100 Å². The van der Waals surface area contributed by atoms with Gasteiger partial charge in [0.2, 0.25) is 0 Å². The van der Waals surface area contributed by atoms with Crippen molar-refractivity contribution < 1.29 is 14.1 Å². The van der Waals surface area contributed by atoms with Crippen LogP contribution in [0, 0.1) is 0 Å². The molecule has 2 N–H and O–H groups in total. The van der Waals surface area contributed by atoms with E-state index in [2.05, 4.69) is 25.3 Å². The van der Waals surface area contributed by atoms with E-state index in [9.17, 15) is 4.79 Å². The third kappa shape index (κ3) is 3.92. The molecule has 82 valence electrons. The van der Waals surface area contributed by atoms with Crippen LogP contribution in [0.25, 0.3) is 0 Å². The van der Waals surface area contributed by atoms with Crippen molar-refractivity contribution in [3.05, 3.63) is 29.8 Å². The van der Waals surface area contributed by atoms with Gasteiger partial charge in [-0.25, -0.2) is 0 Å². The van der Waals surface area contributed by atoms with E-state index in [1.54, 1.807) is 0 Å². The topological polar surface area (TPSA) is 61.5 Å². The molecular formula is C9H10BrNO3S. The molecule has 0 amide bonds. The Balaban J connectivity index is 2.67. The highest BCUT2D eigenvalue weighted by molar-refractivity contribution is 9.09. The first-order chi connectivity index (χ1) is 7.15. The van der Waals surface area contributed by atoms with Crippen molar-refractivity contribution in [3.8, 4) is 0 Å². The molecule has 0 aliphatic carbocycles. The number of carbonyl (C=O) groups excluding carboxylic acids is 1. The molecule has 0 saturated carbocycles. The highest BCUT2D eigenvalue weighted by atomic mass is 79.9. The minimum absolute atomic E-state index is 0.0666. The highest BCUT2D eigenvalue weighted by Gasteiger charge is 2.11. The van der Waals surface area contributed by atoms with Crippen LogP contribution in [0.5, 0.6) is 0 Å². The summed E-state index contributed by atoms with van der Waals surface area (Å²) in [5.41, 5.74) is 0.903. The molecular weight excluding hydrogens is 282 g/mol. The third-order valence-electron chi connectivity index (χ3n) is 1.70. The monoisotopic (exact) mass is 291 g/mol. The molecule has 1 rings (SSSR count). The van der Waals surface area contributed by atoms with Gasteiger partial charge in [-0.3, -0.25) is 4.79 Å². The Bertz CT molecular complexity index is 331. The summed E-state index contributed by atoms with van der Waals surface area (Å²) in [6.07, 6.45) is 0. The minimum Gasteiger partial charge on any atom is -0.298 e. The number of rotatable bonds is 5. The summed E-state index contributed by atoms with van der Waals surface area (Å²) in [6.45, 7) is 1.54. The Morgan fingerprint density at radius 2 is 2.07 bits per heavy atom. The second kappa shape index (κ2) is 6.24. The van der Waals surface area contributed by atoms with E-state index >= 15 is 0 Å². The molecule has 0 fully saturated rings. The first-order valence-electron chi connectivity index (χ1n) is 4.09. The van der Waals surface area contributed by atoms with E-state index in [1.807, 2.05) is 24.3 Å². The molecule has 1 unspecified atom stereocenters. The Morgan fingerprint density at radius 1 is 1.47 bits per heavy atom. The van der Waals surface area contributed by atoms with Crippen molar-refractivity contribution in [3.63, 3.8) is 0 Å². The van der Waals surface area contributed by atoms with Gasteiger partial charge in [-0.1, -0.05) is 28.1 Å². The molecule has 15 heavy (non-hydrogen) atoms. The molecule has 0 spiro atoms. The lowest BCUT2D eigenvalue weighted by molar-refractivity contribution is -0.195. The standard InChI is InChI=1S/C9H10BrNO3S/c1-6(12)9(10)7-2-4-8(5-3-7)15-14-13-11/h2-5,9H,11H2,1H3.